The molecule has 1 unspecified atom stereocenters. The number of amides is 3. The fraction of sp³-hybridized carbons (Fsp3) is 0.300. The van der Waals surface area contributed by atoms with Gasteiger partial charge in [-0.1, -0.05) is 60.2 Å². The number of benzene rings is 2. The van der Waals surface area contributed by atoms with E-state index in [0.717, 1.165) is 11.1 Å². The molecule has 0 radical (unpaired) electrons. The van der Waals surface area contributed by atoms with Gasteiger partial charge in [0, 0.05) is 13.1 Å². The Labute approximate surface area is 149 Å². The van der Waals surface area contributed by atoms with Gasteiger partial charge in [-0.25, -0.2) is 4.79 Å². The molecule has 0 bridgehead atoms. The smallest absolute Gasteiger partial charge is 0.321 e. The van der Waals surface area contributed by atoms with Crippen molar-refractivity contribution in [3.63, 3.8) is 0 Å². The van der Waals surface area contributed by atoms with Crippen LogP contribution >= 0.6 is 0 Å². The number of aryl methyl sites for hydroxylation is 1. The van der Waals surface area contributed by atoms with E-state index in [1.165, 1.54) is 5.56 Å². The minimum Gasteiger partial charge on any atom is -0.338 e. The number of hydrogen-bond acceptors (Lipinski definition) is 3. The maximum absolute atomic E-state index is 12.7. The summed E-state index contributed by atoms with van der Waals surface area (Å²) in [5, 5.41) is 5.01. The van der Waals surface area contributed by atoms with Gasteiger partial charge in [0.15, 0.2) is 0 Å². The summed E-state index contributed by atoms with van der Waals surface area (Å²) in [6, 6.07) is 16.7. The first-order valence-corrected chi connectivity index (χ1v) is 8.40. The van der Waals surface area contributed by atoms with Gasteiger partial charge in [0.2, 0.25) is 5.91 Å². The molecule has 0 aliphatic carbocycles. The van der Waals surface area contributed by atoms with Crippen LogP contribution in [-0.4, -0.2) is 30.4 Å². The Balaban J connectivity index is 2.20. The number of urea groups is 1. The van der Waals surface area contributed by atoms with Crippen LogP contribution < -0.4 is 10.6 Å². The molecule has 5 nitrogen and oxygen atoms in total. The summed E-state index contributed by atoms with van der Waals surface area (Å²) in [5.74, 6) is -0.341. The van der Waals surface area contributed by atoms with Gasteiger partial charge in [-0.15, -0.1) is 0 Å². The molecule has 0 aliphatic heterocycles. The maximum atomic E-state index is 12.7. The molecule has 5 heteroatoms. The number of hydrogen-bond donors (Lipinski definition) is 2. The Hall–Kier alpha value is -2.66. The second-order valence-electron chi connectivity index (χ2n) is 6.06. The van der Waals surface area contributed by atoms with Crippen molar-refractivity contribution in [1.29, 1.82) is 0 Å². The molecule has 0 aromatic heterocycles. The number of carbonyl (C=O) groups excluding carboxylic acids is 2. The molecule has 2 rings (SSSR count). The molecular formula is C20H25N3O2. The third-order valence-corrected chi connectivity index (χ3v) is 3.93. The lowest BCUT2D eigenvalue weighted by molar-refractivity contribution is -0.125. The minimum atomic E-state index is -0.551. The summed E-state index contributed by atoms with van der Waals surface area (Å²) in [6.07, 6.45) is 0. The summed E-state index contributed by atoms with van der Waals surface area (Å²) in [4.78, 5) is 26.4. The van der Waals surface area contributed by atoms with E-state index in [1.54, 1.807) is 0 Å². The Morgan fingerprint density at radius 3 is 2.28 bits per heavy atom. The fourth-order valence-corrected chi connectivity index (χ4v) is 2.70. The maximum Gasteiger partial charge on any atom is 0.321 e. The van der Waals surface area contributed by atoms with Gasteiger partial charge in [0.25, 0.3) is 0 Å². The predicted octanol–water partition coefficient (Wildman–Crippen LogP) is 3.01. The van der Waals surface area contributed by atoms with Crippen molar-refractivity contribution in [2.24, 2.45) is 0 Å². The van der Waals surface area contributed by atoms with E-state index < -0.39 is 12.1 Å². The molecule has 0 spiro atoms. The van der Waals surface area contributed by atoms with Gasteiger partial charge in [-0.3, -0.25) is 15.0 Å². The predicted molar refractivity (Wildman–Crippen MR) is 99.0 cm³/mol. The highest BCUT2D eigenvalue weighted by Crippen LogP contribution is 2.21. The van der Waals surface area contributed by atoms with Crippen LogP contribution in [0.5, 0.6) is 0 Å². The SMILES string of the molecule is CCNC(=O)NC(=O)C(c1ccccc1)N(C)Cc1ccc(C)cc1. The molecule has 3 amide bonds. The van der Waals surface area contributed by atoms with Gasteiger partial charge in [0.05, 0.1) is 0 Å². The van der Waals surface area contributed by atoms with Crippen molar-refractivity contribution < 1.29 is 9.59 Å². The van der Waals surface area contributed by atoms with Crippen molar-refractivity contribution in [2.75, 3.05) is 13.6 Å². The van der Waals surface area contributed by atoms with Crippen molar-refractivity contribution in [2.45, 2.75) is 26.4 Å². The van der Waals surface area contributed by atoms with Crippen molar-refractivity contribution >= 4 is 11.9 Å². The van der Waals surface area contributed by atoms with Gasteiger partial charge in [-0.2, -0.15) is 0 Å². The molecule has 2 aromatic rings. The Bertz CT molecular complexity index is 699. The van der Waals surface area contributed by atoms with E-state index in [9.17, 15) is 9.59 Å². The van der Waals surface area contributed by atoms with Crippen LogP contribution in [0.4, 0.5) is 4.79 Å². The standard InChI is InChI=1S/C20H25N3O2/c1-4-21-20(25)22-19(24)18(17-8-6-5-7-9-17)23(3)14-16-12-10-15(2)11-13-16/h5-13,18H,4,14H2,1-3H3,(H2,21,22,24,25). The number of carbonyl (C=O) groups is 2. The molecule has 0 saturated heterocycles. The first-order valence-electron chi connectivity index (χ1n) is 8.40. The van der Waals surface area contributed by atoms with Crippen LogP contribution in [0.15, 0.2) is 54.6 Å². The quantitative estimate of drug-likeness (QED) is 0.850. The zero-order chi connectivity index (χ0) is 18.2. The first kappa shape index (κ1) is 18.7. The summed E-state index contributed by atoms with van der Waals surface area (Å²) in [5.41, 5.74) is 3.15. The molecule has 0 saturated carbocycles. The lowest BCUT2D eigenvalue weighted by atomic mass is 10.0. The molecular weight excluding hydrogens is 314 g/mol. The lowest BCUT2D eigenvalue weighted by Crippen LogP contribution is -2.45. The van der Waals surface area contributed by atoms with Crippen LogP contribution in [0, 0.1) is 6.92 Å². The van der Waals surface area contributed by atoms with E-state index in [1.807, 2.05) is 56.1 Å². The fourth-order valence-electron chi connectivity index (χ4n) is 2.70. The van der Waals surface area contributed by atoms with Crippen LogP contribution in [0.3, 0.4) is 0 Å². The monoisotopic (exact) mass is 339 g/mol. The van der Waals surface area contributed by atoms with Crippen molar-refractivity contribution in [1.82, 2.24) is 15.5 Å². The highest BCUT2D eigenvalue weighted by atomic mass is 16.2. The third-order valence-electron chi connectivity index (χ3n) is 3.93. The molecule has 0 aliphatic rings. The van der Waals surface area contributed by atoms with E-state index in [4.69, 9.17) is 0 Å². The summed E-state index contributed by atoms with van der Waals surface area (Å²) in [6.45, 7) is 4.92. The topological polar surface area (TPSA) is 61.4 Å². The molecule has 25 heavy (non-hydrogen) atoms. The number of nitrogens with one attached hydrogen (secondary N) is 2. The molecule has 1 atom stereocenters. The Morgan fingerprint density at radius 1 is 1.04 bits per heavy atom. The van der Waals surface area contributed by atoms with Gasteiger partial charge < -0.3 is 5.32 Å². The Morgan fingerprint density at radius 2 is 1.68 bits per heavy atom. The van der Waals surface area contributed by atoms with Crippen LogP contribution in [0.1, 0.15) is 29.7 Å². The van der Waals surface area contributed by atoms with Gasteiger partial charge >= 0.3 is 6.03 Å². The van der Waals surface area contributed by atoms with E-state index >= 15 is 0 Å². The van der Waals surface area contributed by atoms with Crippen LogP contribution in [-0.2, 0) is 11.3 Å². The van der Waals surface area contributed by atoms with Crippen LogP contribution in [0.25, 0.3) is 0 Å². The number of rotatable bonds is 6. The van der Waals surface area contributed by atoms with Gasteiger partial charge in [0.1, 0.15) is 6.04 Å². The molecule has 0 heterocycles. The minimum absolute atomic E-state index is 0.341. The zero-order valence-corrected chi connectivity index (χ0v) is 15.0. The molecule has 132 valence electrons. The van der Waals surface area contributed by atoms with Gasteiger partial charge in [-0.05, 0) is 32.0 Å². The highest BCUT2D eigenvalue weighted by molar-refractivity contribution is 5.97. The zero-order valence-electron chi connectivity index (χ0n) is 15.0. The number of likely N-dealkylation sites (N-methyl/N-ethyl adjacent to an activating group) is 1. The van der Waals surface area contributed by atoms with E-state index in [-0.39, 0.29) is 5.91 Å². The molecule has 0 fully saturated rings. The second-order valence-corrected chi connectivity index (χ2v) is 6.06. The number of imide groups is 1. The normalized spacial score (nSPS) is 11.8. The summed E-state index contributed by atoms with van der Waals surface area (Å²) >= 11 is 0. The second kappa shape index (κ2) is 8.99. The largest absolute Gasteiger partial charge is 0.338 e. The van der Waals surface area contributed by atoms with Crippen molar-refractivity contribution in [3.8, 4) is 0 Å². The number of nitrogens with zero attached hydrogens (tertiary/aromatic N) is 1. The van der Waals surface area contributed by atoms with E-state index in [0.29, 0.717) is 13.1 Å². The molecule has 2 N–H and O–H groups in total. The Kier molecular flexibility index (Phi) is 6.71. The summed E-state index contributed by atoms with van der Waals surface area (Å²) in [7, 11) is 1.88. The first-order chi connectivity index (χ1) is 12.0. The van der Waals surface area contributed by atoms with E-state index in [2.05, 4.69) is 34.9 Å². The van der Waals surface area contributed by atoms with Crippen molar-refractivity contribution in [3.05, 3.63) is 71.3 Å². The lowest BCUT2D eigenvalue weighted by Gasteiger charge is -2.27. The average molecular weight is 339 g/mol. The highest BCUT2D eigenvalue weighted by Gasteiger charge is 2.26. The van der Waals surface area contributed by atoms with Crippen LogP contribution in [0.2, 0.25) is 0 Å². The molecule has 2 aromatic carbocycles. The summed E-state index contributed by atoms with van der Waals surface area (Å²) < 4.78 is 0. The third kappa shape index (κ3) is 5.43. The average Bonchev–Trinajstić information content (AvgIpc) is 2.58.